The van der Waals surface area contributed by atoms with E-state index in [4.69, 9.17) is 17.0 Å². The Hall–Kier alpha value is -2.07. The van der Waals surface area contributed by atoms with Crippen molar-refractivity contribution in [2.45, 2.75) is 45.3 Å². The Morgan fingerprint density at radius 3 is 2.83 bits per heavy atom. The van der Waals surface area contributed by atoms with Gasteiger partial charge in [0.15, 0.2) is 5.11 Å². The number of hydrogen-bond donors (Lipinski definition) is 2. The van der Waals surface area contributed by atoms with Gasteiger partial charge in [-0.15, -0.1) is 0 Å². The maximum atomic E-state index is 5.73. The van der Waals surface area contributed by atoms with Crippen LogP contribution in [0.15, 0.2) is 48.5 Å². The first kappa shape index (κ1) is 16.8. The molecule has 1 aliphatic carbocycles. The monoisotopic (exact) mass is 340 g/mol. The van der Waals surface area contributed by atoms with Gasteiger partial charge in [0.1, 0.15) is 5.75 Å². The van der Waals surface area contributed by atoms with Crippen molar-refractivity contribution in [2.75, 3.05) is 5.32 Å². The van der Waals surface area contributed by atoms with Crippen LogP contribution in [0.25, 0.3) is 0 Å². The molecule has 2 N–H and O–H groups in total. The highest BCUT2D eigenvalue weighted by Crippen LogP contribution is 2.29. The molecule has 3 rings (SSSR count). The number of fused-ring (bicyclic) bond motifs is 1. The standard InChI is InChI=1S/C20H24N2OS/c1-14(2)23-17-10-6-9-16(13-17)21-20(24)22-19-12-5-8-15-7-3-4-11-18(15)19/h3-4,6-7,9-11,13-14,19H,5,8,12H2,1-2H3,(H2,21,22,24)/t19-/m0/s1. The number of nitrogens with one attached hydrogen (secondary N) is 2. The van der Waals surface area contributed by atoms with Gasteiger partial charge in [-0.2, -0.15) is 0 Å². The van der Waals surface area contributed by atoms with Gasteiger partial charge in [-0.1, -0.05) is 30.3 Å². The minimum atomic E-state index is 0.157. The molecule has 0 bridgehead atoms. The molecule has 1 aliphatic rings. The van der Waals surface area contributed by atoms with E-state index in [1.807, 2.05) is 38.1 Å². The van der Waals surface area contributed by atoms with E-state index in [1.54, 1.807) is 0 Å². The molecule has 0 saturated heterocycles. The molecule has 0 aromatic heterocycles. The third kappa shape index (κ3) is 4.26. The highest BCUT2D eigenvalue weighted by atomic mass is 32.1. The van der Waals surface area contributed by atoms with Crippen LogP contribution < -0.4 is 15.4 Å². The van der Waals surface area contributed by atoms with Crippen molar-refractivity contribution in [3.63, 3.8) is 0 Å². The molecule has 1 atom stereocenters. The predicted molar refractivity (Wildman–Crippen MR) is 104 cm³/mol. The van der Waals surface area contributed by atoms with Crippen LogP contribution in [0.2, 0.25) is 0 Å². The van der Waals surface area contributed by atoms with Crippen molar-refractivity contribution >= 4 is 23.0 Å². The van der Waals surface area contributed by atoms with Crippen molar-refractivity contribution in [1.29, 1.82) is 0 Å². The molecule has 126 valence electrons. The van der Waals surface area contributed by atoms with E-state index in [-0.39, 0.29) is 12.1 Å². The van der Waals surface area contributed by atoms with Crippen molar-refractivity contribution in [1.82, 2.24) is 5.32 Å². The number of benzene rings is 2. The summed E-state index contributed by atoms with van der Waals surface area (Å²) in [6, 6.07) is 16.8. The Balaban J connectivity index is 1.64. The van der Waals surface area contributed by atoms with Gasteiger partial charge in [-0.3, -0.25) is 0 Å². The summed E-state index contributed by atoms with van der Waals surface area (Å²) in [4.78, 5) is 0. The number of rotatable bonds is 4. The summed E-state index contributed by atoms with van der Waals surface area (Å²) in [6.45, 7) is 4.04. The molecule has 0 heterocycles. The summed E-state index contributed by atoms with van der Waals surface area (Å²) in [5.74, 6) is 0.848. The summed E-state index contributed by atoms with van der Waals surface area (Å²) < 4.78 is 5.73. The molecule has 0 aliphatic heterocycles. The van der Waals surface area contributed by atoms with Crippen LogP contribution in [-0.2, 0) is 6.42 Å². The fraction of sp³-hybridized carbons (Fsp3) is 0.350. The smallest absolute Gasteiger partial charge is 0.171 e. The quantitative estimate of drug-likeness (QED) is 0.781. The zero-order valence-corrected chi connectivity index (χ0v) is 15.0. The molecular weight excluding hydrogens is 316 g/mol. The van der Waals surface area contributed by atoms with Crippen LogP contribution in [0.1, 0.15) is 43.9 Å². The third-order valence-corrected chi connectivity index (χ3v) is 4.36. The molecule has 0 saturated carbocycles. The Morgan fingerprint density at radius 1 is 1.17 bits per heavy atom. The summed E-state index contributed by atoms with van der Waals surface area (Å²) in [5, 5.41) is 7.39. The minimum absolute atomic E-state index is 0.157. The second kappa shape index (κ2) is 7.67. The van der Waals surface area contributed by atoms with E-state index in [0.29, 0.717) is 5.11 Å². The second-order valence-electron chi connectivity index (χ2n) is 6.44. The first-order chi connectivity index (χ1) is 11.6. The fourth-order valence-corrected chi connectivity index (χ4v) is 3.41. The summed E-state index contributed by atoms with van der Waals surface area (Å²) >= 11 is 5.51. The van der Waals surface area contributed by atoms with Crippen LogP contribution >= 0.6 is 12.2 Å². The van der Waals surface area contributed by atoms with E-state index < -0.39 is 0 Å². The summed E-state index contributed by atoms with van der Waals surface area (Å²) in [6.07, 6.45) is 3.61. The SMILES string of the molecule is CC(C)Oc1cccc(NC(=S)N[C@H]2CCCc3ccccc32)c1. The zero-order valence-electron chi connectivity index (χ0n) is 14.2. The van der Waals surface area contributed by atoms with Gasteiger partial charge in [0, 0.05) is 11.8 Å². The maximum Gasteiger partial charge on any atom is 0.171 e. The molecule has 0 amide bonds. The fourth-order valence-electron chi connectivity index (χ4n) is 3.15. The molecule has 2 aromatic carbocycles. The lowest BCUT2D eigenvalue weighted by molar-refractivity contribution is 0.242. The van der Waals surface area contributed by atoms with Crippen molar-refractivity contribution in [2.24, 2.45) is 0 Å². The number of aryl methyl sites for hydroxylation is 1. The Morgan fingerprint density at radius 2 is 2.00 bits per heavy atom. The van der Waals surface area contributed by atoms with Gasteiger partial charge >= 0.3 is 0 Å². The van der Waals surface area contributed by atoms with Gasteiger partial charge in [0.2, 0.25) is 0 Å². The second-order valence-corrected chi connectivity index (χ2v) is 6.84. The first-order valence-corrected chi connectivity index (χ1v) is 8.94. The number of thiocarbonyl (C=S) groups is 1. The molecule has 0 unspecified atom stereocenters. The van der Waals surface area contributed by atoms with Crippen LogP contribution in [-0.4, -0.2) is 11.2 Å². The lowest BCUT2D eigenvalue weighted by Crippen LogP contribution is -2.34. The molecular formula is C20H24N2OS. The van der Waals surface area contributed by atoms with Gasteiger partial charge < -0.3 is 15.4 Å². The molecule has 3 nitrogen and oxygen atoms in total. The van der Waals surface area contributed by atoms with Crippen LogP contribution in [0.3, 0.4) is 0 Å². The number of hydrogen-bond acceptors (Lipinski definition) is 2. The normalized spacial score (nSPS) is 16.4. The van der Waals surface area contributed by atoms with E-state index in [9.17, 15) is 0 Å². The zero-order chi connectivity index (χ0) is 16.9. The van der Waals surface area contributed by atoms with E-state index in [0.717, 1.165) is 24.3 Å². The highest BCUT2D eigenvalue weighted by Gasteiger charge is 2.20. The van der Waals surface area contributed by atoms with Gasteiger partial charge in [-0.25, -0.2) is 0 Å². The van der Waals surface area contributed by atoms with E-state index in [2.05, 4.69) is 34.9 Å². The van der Waals surface area contributed by atoms with Gasteiger partial charge in [-0.05, 0) is 68.6 Å². The predicted octanol–water partition coefficient (Wildman–Crippen LogP) is 4.84. The molecule has 0 radical (unpaired) electrons. The number of anilines is 1. The Labute approximate surface area is 149 Å². The average Bonchev–Trinajstić information content (AvgIpc) is 2.55. The summed E-state index contributed by atoms with van der Waals surface area (Å²) in [7, 11) is 0. The highest BCUT2D eigenvalue weighted by molar-refractivity contribution is 7.80. The van der Waals surface area contributed by atoms with Crippen molar-refractivity contribution < 1.29 is 4.74 Å². The van der Waals surface area contributed by atoms with Gasteiger partial charge in [0.05, 0.1) is 12.1 Å². The van der Waals surface area contributed by atoms with Crippen molar-refractivity contribution in [3.8, 4) is 5.75 Å². The van der Waals surface area contributed by atoms with Crippen LogP contribution in [0, 0.1) is 0 Å². The van der Waals surface area contributed by atoms with Crippen LogP contribution in [0.4, 0.5) is 5.69 Å². The molecule has 0 spiro atoms. The lowest BCUT2D eigenvalue weighted by Gasteiger charge is -2.27. The van der Waals surface area contributed by atoms with Crippen molar-refractivity contribution in [3.05, 3.63) is 59.7 Å². The molecule has 0 fully saturated rings. The first-order valence-electron chi connectivity index (χ1n) is 8.54. The average molecular weight is 340 g/mol. The Bertz CT molecular complexity index is 714. The largest absolute Gasteiger partial charge is 0.491 e. The Kier molecular flexibility index (Phi) is 5.36. The third-order valence-electron chi connectivity index (χ3n) is 4.14. The summed E-state index contributed by atoms with van der Waals surface area (Å²) in [5.41, 5.74) is 3.73. The maximum absolute atomic E-state index is 5.73. The minimum Gasteiger partial charge on any atom is -0.491 e. The molecule has 24 heavy (non-hydrogen) atoms. The lowest BCUT2D eigenvalue weighted by atomic mass is 9.88. The van der Waals surface area contributed by atoms with Crippen LogP contribution in [0.5, 0.6) is 5.75 Å². The molecule has 4 heteroatoms. The topological polar surface area (TPSA) is 33.3 Å². The number of ether oxygens (including phenoxy) is 1. The van der Waals surface area contributed by atoms with E-state index >= 15 is 0 Å². The van der Waals surface area contributed by atoms with Gasteiger partial charge in [0.25, 0.3) is 0 Å². The van der Waals surface area contributed by atoms with E-state index in [1.165, 1.54) is 17.5 Å². The molecule has 2 aromatic rings.